The predicted octanol–water partition coefficient (Wildman–Crippen LogP) is 8.55. The Morgan fingerprint density at radius 2 is 0.881 bits per heavy atom. The van der Waals surface area contributed by atoms with Gasteiger partial charge in [0.05, 0.1) is 0 Å². The van der Waals surface area contributed by atoms with E-state index in [1.807, 2.05) is 62.4 Å². The molecule has 2 saturated carbocycles. The summed E-state index contributed by atoms with van der Waals surface area (Å²) < 4.78 is 24.0. The molecule has 0 heterocycles. The molecule has 2 aliphatic rings. The molecule has 3 aromatic carbocycles. The lowest BCUT2D eigenvalue weighted by molar-refractivity contribution is -0.154. The Bertz CT molecular complexity index is 1170. The van der Waals surface area contributed by atoms with E-state index in [0.717, 1.165) is 47.2 Å². The van der Waals surface area contributed by atoms with Crippen molar-refractivity contribution in [3.63, 3.8) is 0 Å². The van der Waals surface area contributed by atoms with E-state index in [2.05, 4.69) is 0 Å². The van der Waals surface area contributed by atoms with Crippen molar-refractivity contribution in [1.82, 2.24) is 0 Å². The van der Waals surface area contributed by atoms with Crippen molar-refractivity contribution in [3.8, 4) is 11.5 Å². The number of rotatable bonds is 10. The van der Waals surface area contributed by atoms with Crippen LogP contribution in [-0.4, -0.2) is 37.4 Å². The highest BCUT2D eigenvalue weighted by Gasteiger charge is 2.25. The van der Waals surface area contributed by atoms with Crippen LogP contribution in [0, 0.1) is 11.8 Å². The van der Waals surface area contributed by atoms with Crippen molar-refractivity contribution in [2.24, 2.45) is 11.8 Å². The molecule has 0 amide bonds. The van der Waals surface area contributed by atoms with Crippen LogP contribution in [0.25, 0.3) is 21.5 Å². The average Bonchev–Trinajstić information content (AvgIpc) is 3.45. The maximum absolute atomic E-state index is 12.9. The van der Waals surface area contributed by atoms with Crippen LogP contribution < -0.4 is 9.47 Å². The SMILES string of the molecule is CC(OC(=O)COc1c2ccccc2c(OCC(=O)OC(C)C2CCCCCC2)c2ccccc12)C1CCCCCC1. The molecule has 2 fully saturated rings. The third-order valence-electron chi connectivity index (χ3n) is 9.26. The van der Waals surface area contributed by atoms with Gasteiger partial charge in [-0.2, -0.15) is 0 Å². The summed E-state index contributed by atoms with van der Waals surface area (Å²) in [5, 5.41) is 3.26. The molecule has 2 aliphatic carbocycles. The summed E-state index contributed by atoms with van der Waals surface area (Å²) in [6.45, 7) is 3.67. The lowest BCUT2D eigenvalue weighted by Gasteiger charge is -2.23. The first kappa shape index (κ1) is 30.2. The van der Waals surface area contributed by atoms with Gasteiger partial charge in [-0.25, -0.2) is 9.59 Å². The van der Waals surface area contributed by atoms with Crippen molar-refractivity contribution in [1.29, 1.82) is 0 Å². The van der Waals surface area contributed by atoms with Crippen molar-refractivity contribution in [2.75, 3.05) is 13.2 Å². The minimum Gasteiger partial charge on any atom is -0.481 e. The summed E-state index contributed by atoms with van der Waals surface area (Å²) in [5.74, 6) is 1.33. The molecule has 3 aromatic rings. The van der Waals surface area contributed by atoms with Gasteiger partial charge in [0.1, 0.15) is 23.7 Å². The van der Waals surface area contributed by atoms with Gasteiger partial charge in [-0.15, -0.1) is 0 Å². The summed E-state index contributed by atoms with van der Waals surface area (Å²) in [4.78, 5) is 25.7. The van der Waals surface area contributed by atoms with Crippen LogP contribution in [-0.2, 0) is 19.1 Å². The molecule has 6 nitrogen and oxygen atoms in total. The molecular weight excluding hydrogens is 528 g/mol. The number of hydrogen-bond donors (Lipinski definition) is 0. The lowest BCUT2D eigenvalue weighted by Crippen LogP contribution is -2.27. The lowest BCUT2D eigenvalue weighted by atomic mass is 9.95. The molecule has 6 heteroatoms. The minimum atomic E-state index is -0.356. The Labute approximate surface area is 250 Å². The Morgan fingerprint density at radius 3 is 1.19 bits per heavy atom. The van der Waals surface area contributed by atoms with Gasteiger partial charge in [0.2, 0.25) is 0 Å². The maximum atomic E-state index is 12.9. The number of carbonyl (C=O) groups is 2. The average molecular weight is 575 g/mol. The molecule has 42 heavy (non-hydrogen) atoms. The van der Waals surface area contributed by atoms with Gasteiger partial charge >= 0.3 is 11.9 Å². The fraction of sp³-hybridized carbons (Fsp3) is 0.556. The molecule has 0 saturated heterocycles. The summed E-state index contributed by atoms with van der Waals surface area (Å²) >= 11 is 0. The summed E-state index contributed by atoms with van der Waals surface area (Å²) in [6.07, 6.45) is 14.1. The predicted molar refractivity (Wildman–Crippen MR) is 166 cm³/mol. The largest absolute Gasteiger partial charge is 0.481 e. The van der Waals surface area contributed by atoms with Crippen LogP contribution in [0.15, 0.2) is 48.5 Å². The van der Waals surface area contributed by atoms with Gasteiger partial charge in [-0.05, 0) is 51.4 Å². The zero-order chi connectivity index (χ0) is 29.3. The van der Waals surface area contributed by atoms with Crippen LogP contribution in [0.3, 0.4) is 0 Å². The van der Waals surface area contributed by atoms with E-state index in [4.69, 9.17) is 18.9 Å². The maximum Gasteiger partial charge on any atom is 0.344 e. The van der Waals surface area contributed by atoms with Crippen molar-refractivity contribution in [3.05, 3.63) is 48.5 Å². The number of ether oxygens (including phenoxy) is 4. The van der Waals surface area contributed by atoms with E-state index < -0.39 is 0 Å². The van der Waals surface area contributed by atoms with E-state index in [1.165, 1.54) is 51.4 Å². The molecule has 0 radical (unpaired) electrons. The van der Waals surface area contributed by atoms with Crippen LogP contribution in [0.1, 0.15) is 90.9 Å². The molecule has 0 spiro atoms. The first-order valence-electron chi connectivity index (χ1n) is 16.1. The number of carbonyl (C=O) groups excluding carboxylic acids is 2. The normalized spacial score (nSPS) is 18.5. The fourth-order valence-corrected chi connectivity index (χ4v) is 6.86. The Hall–Kier alpha value is -3.28. The van der Waals surface area contributed by atoms with E-state index in [9.17, 15) is 9.59 Å². The molecule has 0 aliphatic heterocycles. The minimum absolute atomic E-state index is 0.117. The van der Waals surface area contributed by atoms with Crippen LogP contribution in [0.5, 0.6) is 11.5 Å². The van der Waals surface area contributed by atoms with Crippen molar-refractivity contribution in [2.45, 2.75) is 103 Å². The second kappa shape index (κ2) is 14.8. The van der Waals surface area contributed by atoms with E-state index in [0.29, 0.717) is 23.3 Å². The number of esters is 2. The first-order valence-corrected chi connectivity index (χ1v) is 16.1. The molecular formula is C36H46O6. The van der Waals surface area contributed by atoms with E-state index in [1.54, 1.807) is 0 Å². The Balaban J connectivity index is 1.29. The van der Waals surface area contributed by atoms with Gasteiger partial charge in [0, 0.05) is 21.5 Å². The van der Waals surface area contributed by atoms with Crippen LogP contribution in [0.4, 0.5) is 0 Å². The fourth-order valence-electron chi connectivity index (χ4n) is 6.86. The summed E-state index contributed by atoms with van der Waals surface area (Å²) in [5.41, 5.74) is 0. The van der Waals surface area contributed by atoms with Gasteiger partial charge in [0.25, 0.3) is 0 Å². The monoisotopic (exact) mass is 574 g/mol. The molecule has 0 N–H and O–H groups in total. The standard InChI is InChI=1S/C36H46O6/c1-25(27-15-7-3-4-8-16-27)41-33(37)23-39-35-29-19-11-13-21-31(29)36(32-22-14-12-20-30(32)35)40-24-34(38)42-26(2)28-17-9-5-6-10-18-28/h11-14,19-22,25-28H,3-10,15-18,23-24H2,1-2H3. The quantitative estimate of drug-likeness (QED) is 0.137. The number of hydrogen-bond acceptors (Lipinski definition) is 6. The molecule has 5 rings (SSSR count). The van der Waals surface area contributed by atoms with Gasteiger partial charge < -0.3 is 18.9 Å². The van der Waals surface area contributed by atoms with Gasteiger partial charge in [-0.3, -0.25) is 0 Å². The zero-order valence-corrected chi connectivity index (χ0v) is 25.3. The van der Waals surface area contributed by atoms with Gasteiger partial charge in [-0.1, -0.05) is 99.9 Å². The molecule has 0 bridgehead atoms. The highest BCUT2D eigenvalue weighted by molar-refractivity contribution is 6.11. The smallest absolute Gasteiger partial charge is 0.344 e. The van der Waals surface area contributed by atoms with Crippen molar-refractivity contribution >= 4 is 33.5 Å². The van der Waals surface area contributed by atoms with Gasteiger partial charge in [0.15, 0.2) is 13.2 Å². The molecule has 2 atom stereocenters. The highest BCUT2D eigenvalue weighted by atomic mass is 16.6. The second-order valence-corrected chi connectivity index (χ2v) is 12.2. The third-order valence-corrected chi connectivity index (χ3v) is 9.26. The first-order chi connectivity index (χ1) is 20.5. The third kappa shape index (κ3) is 7.56. The Kier molecular flexibility index (Phi) is 10.6. The number of benzene rings is 3. The highest BCUT2D eigenvalue weighted by Crippen LogP contribution is 2.42. The molecule has 226 valence electrons. The van der Waals surface area contributed by atoms with Crippen LogP contribution >= 0.6 is 0 Å². The molecule has 2 unspecified atom stereocenters. The Morgan fingerprint density at radius 1 is 0.571 bits per heavy atom. The summed E-state index contributed by atoms with van der Waals surface area (Å²) in [7, 11) is 0. The second-order valence-electron chi connectivity index (χ2n) is 12.2. The van der Waals surface area contributed by atoms with Crippen LogP contribution in [0.2, 0.25) is 0 Å². The molecule has 0 aromatic heterocycles. The van der Waals surface area contributed by atoms with E-state index in [-0.39, 0.29) is 37.4 Å². The summed E-state index contributed by atoms with van der Waals surface area (Å²) in [6, 6.07) is 15.6. The van der Waals surface area contributed by atoms with E-state index >= 15 is 0 Å². The van der Waals surface area contributed by atoms with Crippen molar-refractivity contribution < 1.29 is 28.5 Å². The number of fused-ring (bicyclic) bond motifs is 2. The topological polar surface area (TPSA) is 71.1 Å². The zero-order valence-electron chi connectivity index (χ0n) is 25.3.